The lowest BCUT2D eigenvalue weighted by molar-refractivity contribution is 0.402. The summed E-state index contributed by atoms with van der Waals surface area (Å²) in [6.45, 7) is 0.0346. The predicted octanol–water partition coefficient (Wildman–Crippen LogP) is 3.29. The van der Waals surface area contributed by atoms with Crippen LogP contribution in [0.25, 0.3) is 22.3 Å². The molecule has 11 heteroatoms. The molecule has 1 aromatic heterocycles. The molecule has 1 aliphatic heterocycles. The van der Waals surface area contributed by atoms with Crippen LogP contribution in [0.5, 0.6) is 0 Å². The SMILES string of the molecule is Nc1ncc(-c2ccc(-c3ccccc3S(=O)(=O)N3CCS(O)(O)CC3)cc2F)cn1. The standard InChI is InChI=1S/C20H21FN4O4S2/c21-18-11-14(5-6-16(18)15-12-23-20(22)24-13-15)17-3-1-2-4-19(17)31(28,29)25-7-9-30(26,27)10-8-25/h1-6,11-13,26-27H,7-10H2,(H2,22,23,24). The number of hydrogen-bond acceptors (Lipinski definition) is 7. The van der Waals surface area contributed by atoms with Gasteiger partial charge in [0.15, 0.2) is 0 Å². The number of halogens is 1. The summed E-state index contributed by atoms with van der Waals surface area (Å²) in [5.74, 6) is -0.466. The Bertz CT molecular complexity index is 1210. The van der Waals surface area contributed by atoms with Crippen LogP contribution in [-0.4, -0.2) is 56.4 Å². The summed E-state index contributed by atoms with van der Waals surface area (Å²) in [7, 11) is -6.64. The molecule has 0 radical (unpaired) electrons. The van der Waals surface area contributed by atoms with Crippen molar-refractivity contribution in [1.29, 1.82) is 0 Å². The second kappa shape index (κ2) is 8.17. The first-order valence-corrected chi connectivity index (χ1v) is 12.7. The first kappa shape index (κ1) is 21.7. The van der Waals surface area contributed by atoms with E-state index in [0.29, 0.717) is 16.7 Å². The summed E-state index contributed by atoms with van der Waals surface area (Å²) in [6.07, 6.45) is 2.83. The molecule has 2 aromatic carbocycles. The molecule has 3 aromatic rings. The van der Waals surface area contributed by atoms with Gasteiger partial charge in [-0.1, -0.05) is 30.3 Å². The van der Waals surface area contributed by atoms with Gasteiger partial charge in [-0.3, -0.25) is 9.11 Å². The van der Waals surface area contributed by atoms with Gasteiger partial charge in [0, 0.05) is 42.2 Å². The van der Waals surface area contributed by atoms with Crippen LogP contribution in [0.3, 0.4) is 0 Å². The molecule has 0 atom stereocenters. The van der Waals surface area contributed by atoms with Crippen molar-refractivity contribution in [2.24, 2.45) is 0 Å². The van der Waals surface area contributed by atoms with Gasteiger partial charge in [-0.25, -0.2) is 22.8 Å². The van der Waals surface area contributed by atoms with E-state index in [4.69, 9.17) is 5.73 Å². The van der Waals surface area contributed by atoms with Crippen molar-refractivity contribution in [3.05, 3.63) is 60.7 Å². The normalized spacial score (nSPS) is 17.9. The lowest BCUT2D eigenvalue weighted by atomic mass is 10.0. The summed E-state index contributed by atoms with van der Waals surface area (Å²) in [5.41, 5.74) is 6.95. The van der Waals surface area contributed by atoms with Gasteiger partial charge >= 0.3 is 0 Å². The topological polar surface area (TPSA) is 130 Å². The number of benzene rings is 2. The number of nitrogens with zero attached hydrogens (tertiary/aromatic N) is 3. The Balaban J connectivity index is 1.70. The minimum atomic E-state index is -3.90. The Kier molecular flexibility index (Phi) is 5.71. The highest BCUT2D eigenvalue weighted by molar-refractivity contribution is 8.24. The number of hydrogen-bond donors (Lipinski definition) is 3. The fourth-order valence-electron chi connectivity index (χ4n) is 3.41. The highest BCUT2D eigenvalue weighted by Gasteiger charge is 2.32. The van der Waals surface area contributed by atoms with E-state index in [1.54, 1.807) is 30.3 Å². The van der Waals surface area contributed by atoms with Crippen molar-refractivity contribution in [3.8, 4) is 22.3 Å². The minimum absolute atomic E-state index is 0.00137. The van der Waals surface area contributed by atoms with Crippen molar-refractivity contribution < 1.29 is 21.9 Å². The molecule has 0 unspecified atom stereocenters. The van der Waals surface area contributed by atoms with E-state index in [9.17, 15) is 21.9 Å². The van der Waals surface area contributed by atoms with Crippen LogP contribution >= 0.6 is 10.6 Å². The van der Waals surface area contributed by atoms with Crippen LogP contribution in [0.15, 0.2) is 59.8 Å². The van der Waals surface area contributed by atoms with E-state index in [-0.39, 0.29) is 41.0 Å². The molecule has 164 valence electrons. The Morgan fingerprint density at radius 3 is 2.26 bits per heavy atom. The molecule has 0 bridgehead atoms. The fraction of sp³-hybridized carbons (Fsp3) is 0.200. The second-order valence-electron chi connectivity index (χ2n) is 7.14. The smallest absolute Gasteiger partial charge is 0.243 e. The first-order valence-electron chi connectivity index (χ1n) is 9.38. The fourth-order valence-corrected chi connectivity index (χ4v) is 6.53. The molecule has 4 N–H and O–H groups in total. The molecule has 0 aliphatic carbocycles. The Labute approximate surface area is 181 Å². The molecule has 4 rings (SSSR count). The number of nitrogen functional groups attached to an aromatic ring is 1. The quantitative estimate of drug-likeness (QED) is 0.540. The number of nitrogens with two attached hydrogens (primary N) is 1. The molecule has 0 saturated carbocycles. The largest absolute Gasteiger partial charge is 0.368 e. The molecule has 8 nitrogen and oxygen atoms in total. The zero-order valence-electron chi connectivity index (χ0n) is 16.3. The van der Waals surface area contributed by atoms with E-state index in [1.165, 1.54) is 28.8 Å². The number of aromatic nitrogens is 2. The maximum Gasteiger partial charge on any atom is 0.243 e. The highest BCUT2D eigenvalue weighted by Crippen LogP contribution is 2.42. The molecular weight excluding hydrogens is 443 g/mol. The summed E-state index contributed by atoms with van der Waals surface area (Å²) in [6, 6.07) is 10.8. The number of anilines is 1. The van der Waals surface area contributed by atoms with E-state index in [1.807, 2.05) is 0 Å². The van der Waals surface area contributed by atoms with E-state index in [0.717, 1.165) is 0 Å². The van der Waals surface area contributed by atoms with Crippen molar-refractivity contribution >= 4 is 26.6 Å². The van der Waals surface area contributed by atoms with Crippen LogP contribution in [0, 0.1) is 5.82 Å². The molecule has 0 spiro atoms. The third-order valence-electron chi connectivity index (χ3n) is 5.10. The van der Waals surface area contributed by atoms with Crippen molar-refractivity contribution in [1.82, 2.24) is 14.3 Å². The number of rotatable bonds is 4. The zero-order valence-corrected chi connectivity index (χ0v) is 18.0. The highest BCUT2D eigenvalue weighted by atomic mass is 32.3. The Morgan fingerprint density at radius 2 is 1.61 bits per heavy atom. The van der Waals surface area contributed by atoms with E-state index >= 15 is 0 Å². The van der Waals surface area contributed by atoms with Gasteiger partial charge in [-0.05, 0) is 17.7 Å². The average molecular weight is 465 g/mol. The summed E-state index contributed by atoms with van der Waals surface area (Å²) >= 11 is 0. The van der Waals surface area contributed by atoms with Crippen LogP contribution in [0.2, 0.25) is 0 Å². The molecule has 1 aliphatic rings. The van der Waals surface area contributed by atoms with Gasteiger partial charge in [-0.2, -0.15) is 14.9 Å². The van der Waals surface area contributed by atoms with Gasteiger partial charge in [0.2, 0.25) is 16.0 Å². The van der Waals surface area contributed by atoms with Gasteiger partial charge in [-0.15, -0.1) is 0 Å². The Morgan fingerprint density at radius 1 is 0.968 bits per heavy atom. The minimum Gasteiger partial charge on any atom is -0.368 e. The van der Waals surface area contributed by atoms with Crippen molar-refractivity contribution in [3.63, 3.8) is 0 Å². The molecule has 1 saturated heterocycles. The van der Waals surface area contributed by atoms with Crippen LogP contribution in [0.1, 0.15) is 0 Å². The Hall–Kier alpha value is -2.57. The van der Waals surface area contributed by atoms with Crippen LogP contribution in [-0.2, 0) is 10.0 Å². The summed E-state index contributed by atoms with van der Waals surface area (Å²) in [5, 5.41) is 0. The predicted molar refractivity (Wildman–Crippen MR) is 119 cm³/mol. The van der Waals surface area contributed by atoms with Crippen LogP contribution < -0.4 is 5.73 Å². The second-order valence-corrected chi connectivity index (χ2v) is 11.5. The zero-order chi connectivity index (χ0) is 22.2. The molecule has 0 amide bonds. The summed E-state index contributed by atoms with van der Waals surface area (Å²) < 4.78 is 62.2. The molecule has 1 fully saturated rings. The summed E-state index contributed by atoms with van der Waals surface area (Å²) in [4.78, 5) is 7.77. The maximum atomic E-state index is 14.9. The monoisotopic (exact) mass is 464 g/mol. The first-order chi connectivity index (χ1) is 14.7. The lowest BCUT2D eigenvalue weighted by Crippen LogP contribution is -2.42. The van der Waals surface area contributed by atoms with Gasteiger partial charge in [0.25, 0.3) is 0 Å². The van der Waals surface area contributed by atoms with Gasteiger partial charge in [0.1, 0.15) is 5.82 Å². The molecular formula is C20H21FN4O4S2. The molecule has 31 heavy (non-hydrogen) atoms. The van der Waals surface area contributed by atoms with E-state index in [2.05, 4.69) is 9.97 Å². The van der Waals surface area contributed by atoms with Gasteiger partial charge in [0.05, 0.1) is 16.4 Å². The van der Waals surface area contributed by atoms with Crippen molar-refractivity contribution in [2.75, 3.05) is 30.3 Å². The van der Waals surface area contributed by atoms with Crippen LogP contribution in [0.4, 0.5) is 10.3 Å². The molecule has 2 heterocycles. The van der Waals surface area contributed by atoms with Crippen molar-refractivity contribution in [2.45, 2.75) is 4.90 Å². The number of sulfonamides is 1. The third kappa shape index (κ3) is 4.41. The average Bonchev–Trinajstić information content (AvgIpc) is 2.74. The van der Waals surface area contributed by atoms with E-state index < -0.39 is 26.4 Å². The maximum absolute atomic E-state index is 14.9. The van der Waals surface area contributed by atoms with Gasteiger partial charge < -0.3 is 5.73 Å². The lowest BCUT2D eigenvalue weighted by Gasteiger charge is -2.40. The third-order valence-corrected chi connectivity index (χ3v) is 8.73.